The molecule has 18 heavy (non-hydrogen) atoms. The maximum Gasteiger partial charge on any atom is 0.139 e. The molecule has 0 saturated heterocycles. The first kappa shape index (κ1) is 12.4. The summed E-state index contributed by atoms with van der Waals surface area (Å²) in [5.41, 5.74) is 9.54. The molecule has 1 unspecified atom stereocenters. The number of pyridine rings is 1. The summed E-state index contributed by atoms with van der Waals surface area (Å²) in [7, 11) is 0. The first-order valence-electron chi connectivity index (χ1n) is 5.90. The Labute approximate surface area is 106 Å². The summed E-state index contributed by atoms with van der Waals surface area (Å²) in [6.45, 7) is 7.82. The van der Waals surface area contributed by atoms with Crippen molar-refractivity contribution < 1.29 is 4.52 Å². The molecule has 0 aliphatic rings. The van der Waals surface area contributed by atoms with Gasteiger partial charge in [-0.15, -0.1) is 0 Å². The number of aryl methyl sites for hydroxylation is 3. The van der Waals surface area contributed by atoms with E-state index in [0.29, 0.717) is 0 Å². The number of nitrogen functional groups attached to an aromatic ring is 1. The molecular weight excluding hydrogens is 228 g/mol. The summed E-state index contributed by atoms with van der Waals surface area (Å²) in [4.78, 5) is 4.31. The summed E-state index contributed by atoms with van der Waals surface area (Å²) in [5, 5.41) is 7.25. The van der Waals surface area contributed by atoms with Crippen LogP contribution in [0.3, 0.4) is 0 Å². The molecule has 3 N–H and O–H groups in total. The molecule has 96 valence electrons. The molecule has 0 aromatic carbocycles. The second-order valence-electron chi connectivity index (χ2n) is 4.53. The third kappa shape index (κ3) is 2.30. The number of aromatic nitrogens is 2. The van der Waals surface area contributed by atoms with Crippen molar-refractivity contribution in [2.45, 2.75) is 33.7 Å². The van der Waals surface area contributed by atoms with Gasteiger partial charge in [0.05, 0.1) is 11.7 Å². The maximum absolute atomic E-state index is 5.86. The highest BCUT2D eigenvalue weighted by Crippen LogP contribution is 2.25. The second kappa shape index (κ2) is 4.68. The quantitative estimate of drug-likeness (QED) is 0.870. The number of hydrogen-bond donors (Lipinski definition) is 2. The smallest absolute Gasteiger partial charge is 0.139 e. The molecule has 0 fully saturated rings. The van der Waals surface area contributed by atoms with Crippen LogP contribution in [0.4, 0.5) is 11.5 Å². The molecule has 2 aromatic rings. The van der Waals surface area contributed by atoms with Crippen LogP contribution in [0, 0.1) is 20.8 Å². The van der Waals surface area contributed by atoms with Crippen molar-refractivity contribution >= 4 is 11.5 Å². The van der Waals surface area contributed by atoms with Gasteiger partial charge in [-0.3, -0.25) is 0 Å². The van der Waals surface area contributed by atoms with E-state index < -0.39 is 0 Å². The average Bonchev–Trinajstić information content (AvgIpc) is 2.64. The zero-order valence-corrected chi connectivity index (χ0v) is 11.1. The van der Waals surface area contributed by atoms with E-state index in [1.54, 1.807) is 6.20 Å². The van der Waals surface area contributed by atoms with Gasteiger partial charge in [-0.05, 0) is 33.3 Å². The molecule has 5 heteroatoms. The van der Waals surface area contributed by atoms with E-state index in [9.17, 15) is 0 Å². The SMILES string of the molecule is Cc1cnc(NC(C)c2c(C)noc2C)cc1N. The van der Waals surface area contributed by atoms with Gasteiger partial charge in [0.15, 0.2) is 0 Å². The van der Waals surface area contributed by atoms with Gasteiger partial charge in [-0.1, -0.05) is 5.16 Å². The van der Waals surface area contributed by atoms with Crippen LogP contribution in [-0.4, -0.2) is 10.1 Å². The normalized spacial score (nSPS) is 12.4. The van der Waals surface area contributed by atoms with E-state index in [-0.39, 0.29) is 6.04 Å². The topological polar surface area (TPSA) is 77.0 Å². The lowest BCUT2D eigenvalue weighted by Crippen LogP contribution is -2.10. The Morgan fingerprint density at radius 2 is 2.06 bits per heavy atom. The van der Waals surface area contributed by atoms with Gasteiger partial charge in [-0.2, -0.15) is 0 Å². The van der Waals surface area contributed by atoms with Crippen LogP contribution in [0.1, 0.15) is 35.5 Å². The molecular formula is C13H18N4O. The van der Waals surface area contributed by atoms with E-state index in [1.165, 1.54) is 0 Å². The number of anilines is 2. The number of rotatable bonds is 3. The van der Waals surface area contributed by atoms with Crippen molar-refractivity contribution in [1.82, 2.24) is 10.1 Å². The molecule has 2 rings (SSSR count). The minimum absolute atomic E-state index is 0.0749. The predicted molar refractivity (Wildman–Crippen MR) is 71.4 cm³/mol. The lowest BCUT2D eigenvalue weighted by atomic mass is 10.1. The summed E-state index contributed by atoms with van der Waals surface area (Å²) in [6, 6.07) is 1.91. The lowest BCUT2D eigenvalue weighted by molar-refractivity contribution is 0.392. The minimum atomic E-state index is 0.0749. The van der Waals surface area contributed by atoms with Crippen molar-refractivity contribution in [2.24, 2.45) is 0 Å². The van der Waals surface area contributed by atoms with Gasteiger partial charge < -0.3 is 15.6 Å². The monoisotopic (exact) mass is 246 g/mol. The van der Waals surface area contributed by atoms with Crippen molar-refractivity contribution in [3.05, 3.63) is 34.8 Å². The van der Waals surface area contributed by atoms with Gasteiger partial charge in [0.2, 0.25) is 0 Å². The molecule has 0 saturated carbocycles. The first-order chi connectivity index (χ1) is 8.49. The van der Waals surface area contributed by atoms with Crippen LogP contribution < -0.4 is 11.1 Å². The summed E-state index contributed by atoms with van der Waals surface area (Å²) >= 11 is 0. The van der Waals surface area contributed by atoms with Crippen molar-refractivity contribution in [3.63, 3.8) is 0 Å². The van der Waals surface area contributed by atoms with E-state index in [2.05, 4.69) is 15.5 Å². The van der Waals surface area contributed by atoms with Crippen LogP contribution in [0.5, 0.6) is 0 Å². The van der Waals surface area contributed by atoms with Gasteiger partial charge in [0.25, 0.3) is 0 Å². The molecule has 0 bridgehead atoms. The molecule has 5 nitrogen and oxygen atoms in total. The Balaban J connectivity index is 2.21. The first-order valence-corrected chi connectivity index (χ1v) is 5.90. The van der Waals surface area contributed by atoms with Crippen LogP contribution in [0.2, 0.25) is 0 Å². The molecule has 0 amide bonds. The van der Waals surface area contributed by atoms with Crippen molar-refractivity contribution in [2.75, 3.05) is 11.1 Å². The van der Waals surface area contributed by atoms with Crippen LogP contribution in [0.25, 0.3) is 0 Å². The van der Waals surface area contributed by atoms with E-state index in [0.717, 1.165) is 34.1 Å². The van der Waals surface area contributed by atoms with E-state index >= 15 is 0 Å². The number of nitrogens with two attached hydrogens (primary N) is 1. The van der Waals surface area contributed by atoms with E-state index in [1.807, 2.05) is 33.8 Å². The van der Waals surface area contributed by atoms with Gasteiger partial charge in [0, 0.05) is 23.5 Å². The zero-order chi connectivity index (χ0) is 13.3. The minimum Gasteiger partial charge on any atom is -0.398 e. The molecule has 0 aliphatic heterocycles. The van der Waals surface area contributed by atoms with E-state index in [4.69, 9.17) is 10.3 Å². The fourth-order valence-electron chi connectivity index (χ4n) is 2.02. The lowest BCUT2D eigenvalue weighted by Gasteiger charge is -2.15. The number of hydrogen-bond acceptors (Lipinski definition) is 5. The van der Waals surface area contributed by atoms with Crippen molar-refractivity contribution in [1.29, 1.82) is 0 Å². The highest BCUT2D eigenvalue weighted by molar-refractivity contribution is 5.54. The van der Waals surface area contributed by atoms with Gasteiger partial charge >= 0.3 is 0 Å². The second-order valence-corrected chi connectivity index (χ2v) is 4.53. The Bertz CT molecular complexity index is 543. The fourth-order valence-corrected chi connectivity index (χ4v) is 2.02. The molecule has 0 radical (unpaired) electrons. The molecule has 0 aliphatic carbocycles. The average molecular weight is 246 g/mol. The molecule has 2 aromatic heterocycles. The number of nitrogens with one attached hydrogen (secondary N) is 1. The fraction of sp³-hybridized carbons (Fsp3) is 0.385. The highest BCUT2D eigenvalue weighted by atomic mass is 16.5. The summed E-state index contributed by atoms with van der Waals surface area (Å²) in [5.74, 6) is 1.58. The highest BCUT2D eigenvalue weighted by Gasteiger charge is 2.16. The Kier molecular flexibility index (Phi) is 3.23. The molecule has 2 heterocycles. The third-order valence-electron chi connectivity index (χ3n) is 3.03. The Morgan fingerprint density at radius 1 is 1.33 bits per heavy atom. The maximum atomic E-state index is 5.86. The third-order valence-corrected chi connectivity index (χ3v) is 3.03. The summed E-state index contributed by atoms with van der Waals surface area (Å²) < 4.78 is 5.16. The van der Waals surface area contributed by atoms with Crippen LogP contribution in [-0.2, 0) is 0 Å². The largest absolute Gasteiger partial charge is 0.398 e. The standard InChI is InChI=1S/C13H18N4O/c1-7-6-15-12(5-11(7)14)16-8(2)13-9(3)17-18-10(13)4/h5-6,8H,1-4H3,(H3,14,15,16). The van der Waals surface area contributed by atoms with Gasteiger partial charge in [-0.25, -0.2) is 4.98 Å². The zero-order valence-electron chi connectivity index (χ0n) is 11.1. The van der Waals surface area contributed by atoms with Crippen LogP contribution >= 0.6 is 0 Å². The molecule has 1 atom stereocenters. The van der Waals surface area contributed by atoms with Crippen molar-refractivity contribution in [3.8, 4) is 0 Å². The van der Waals surface area contributed by atoms with Crippen LogP contribution in [0.15, 0.2) is 16.8 Å². The van der Waals surface area contributed by atoms with Gasteiger partial charge in [0.1, 0.15) is 11.6 Å². The predicted octanol–water partition coefficient (Wildman–Crippen LogP) is 2.75. The Morgan fingerprint density at radius 3 is 2.61 bits per heavy atom. The summed E-state index contributed by atoms with van der Waals surface area (Å²) in [6.07, 6.45) is 1.76. The Hall–Kier alpha value is -2.04. The number of nitrogens with zero attached hydrogens (tertiary/aromatic N) is 2. The molecule has 0 spiro atoms.